The number of nitrogens with zero attached hydrogens (tertiary/aromatic N) is 3. The lowest BCUT2D eigenvalue weighted by atomic mass is 10.0. The number of azo groups is 1. The molecule has 0 heterocycles. The van der Waals surface area contributed by atoms with E-state index in [9.17, 15) is 31.3 Å². The largest absolute Gasteiger partial charge is 0.506 e. The zero-order valence-corrected chi connectivity index (χ0v) is 37.6. The first-order valence-electron chi connectivity index (χ1n) is 21.9. The first-order chi connectivity index (χ1) is 29.9. The van der Waals surface area contributed by atoms with Gasteiger partial charge in [-0.3, -0.25) is 14.1 Å². The number of carbonyl (C=O) groups excluding carboxylic acids is 1. The zero-order chi connectivity index (χ0) is 44.4. The molecule has 0 bridgehead atoms. The van der Waals surface area contributed by atoms with E-state index in [0.29, 0.717) is 28.7 Å². The van der Waals surface area contributed by atoms with Crippen molar-refractivity contribution in [1.29, 1.82) is 0 Å². The number of hydrogen-bond donors (Lipinski definition) is 4. The third-order valence-electron chi connectivity index (χ3n) is 10.9. The van der Waals surface area contributed by atoms with Crippen molar-refractivity contribution in [2.24, 2.45) is 10.2 Å². The van der Waals surface area contributed by atoms with Crippen LogP contribution in [0.25, 0.3) is 10.8 Å². The molecule has 0 atom stereocenters. The Bertz CT molecular complexity index is 2480. The number of nitrogens with one attached hydrogen (secondary N) is 2. The molecule has 0 unspecified atom stereocenters. The molecule has 332 valence electrons. The van der Waals surface area contributed by atoms with Crippen molar-refractivity contribution < 1.29 is 31.3 Å². The van der Waals surface area contributed by atoms with Crippen LogP contribution in [0.3, 0.4) is 0 Å². The number of anilines is 3. The fourth-order valence-corrected chi connectivity index (χ4v) is 9.05. The molecule has 1 amide bonds. The van der Waals surface area contributed by atoms with Crippen LogP contribution in [-0.4, -0.2) is 46.0 Å². The van der Waals surface area contributed by atoms with E-state index < -0.39 is 30.9 Å². The first kappa shape index (κ1) is 47.7. The molecular weight excluding hydrogens is 823 g/mol. The fourth-order valence-electron chi connectivity index (χ4n) is 7.47. The van der Waals surface area contributed by atoms with E-state index in [1.165, 1.54) is 120 Å². The van der Waals surface area contributed by atoms with Crippen molar-refractivity contribution in [3.63, 3.8) is 0 Å². The summed E-state index contributed by atoms with van der Waals surface area (Å²) in [4.78, 5) is 15.7. The smallest absolute Gasteiger partial charge is 0.294 e. The molecule has 14 heteroatoms. The van der Waals surface area contributed by atoms with Gasteiger partial charge >= 0.3 is 0 Å². The number of unbranched alkanes of at least 4 members (excludes halogenated alkanes) is 15. The minimum atomic E-state index is -4.60. The number of aromatic hydroxyl groups is 1. The topological polar surface area (TPSA) is 178 Å². The summed E-state index contributed by atoms with van der Waals surface area (Å²) >= 11 is 0. The molecule has 0 saturated carbocycles. The Morgan fingerprint density at radius 1 is 0.629 bits per heavy atom. The summed E-state index contributed by atoms with van der Waals surface area (Å²) in [5, 5.41) is 23.7. The summed E-state index contributed by atoms with van der Waals surface area (Å²) in [6, 6.07) is 26.5. The molecule has 4 N–H and O–H groups in total. The second kappa shape index (κ2) is 23.8. The molecule has 62 heavy (non-hydrogen) atoms. The van der Waals surface area contributed by atoms with Crippen molar-refractivity contribution in [2.45, 2.75) is 119 Å². The maximum absolute atomic E-state index is 14.0. The summed E-state index contributed by atoms with van der Waals surface area (Å²) in [6.07, 6.45) is 20.2. The molecule has 5 aromatic rings. The van der Waals surface area contributed by atoms with Crippen LogP contribution in [-0.2, 0) is 20.1 Å². The molecule has 0 radical (unpaired) electrons. The van der Waals surface area contributed by atoms with Crippen molar-refractivity contribution >= 4 is 65.3 Å². The summed E-state index contributed by atoms with van der Waals surface area (Å²) in [7, 11) is -6.60. The quantitative estimate of drug-likeness (QED) is 0.0241. The van der Waals surface area contributed by atoms with Crippen LogP contribution < -0.4 is 14.9 Å². The lowest BCUT2D eigenvalue weighted by Crippen LogP contribution is -2.22. The maximum Gasteiger partial charge on any atom is 0.294 e. The van der Waals surface area contributed by atoms with E-state index in [0.717, 1.165) is 19.3 Å². The summed E-state index contributed by atoms with van der Waals surface area (Å²) in [5.74, 6) is -1.06. The monoisotopic (exact) mass is 883 g/mol. The average Bonchev–Trinajstić information content (AvgIpc) is 3.26. The van der Waals surface area contributed by atoms with Gasteiger partial charge in [-0.15, -0.1) is 5.11 Å². The van der Waals surface area contributed by atoms with Gasteiger partial charge in [0.15, 0.2) is 0 Å². The van der Waals surface area contributed by atoms with E-state index in [-0.39, 0.29) is 33.3 Å². The van der Waals surface area contributed by atoms with E-state index in [4.69, 9.17) is 0 Å². The number of amides is 1. The highest BCUT2D eigenvalue weighted by molar-refractivity contribution is 7.92. The Morgan fingerprint density at radius 2 is 1.21 bits per heavy atom. The van der Waals surface area contributed by atoms with Crippen LogP contribution in [0, 0.1) is 0 Å². The van der Waals surface area contributed by atoms with E-state index >= 15 is 0 Å². The highest BCUT2D eigenvalue weighted by Gasteiger charge is 2.22. The van der Waals surface area contributed by atoms with Gasteiger partial charge in [-0.1, -0.05) is 152 Å². The molecule has 0 fully saturated rings. The fraction of sp³-hybridized carbons (Fsp3) is 0.396. The molecule has 12 nitrogen and oxygen atoms in total. The van der Waals surface area contributed by atoms with Crippen LogP contribution >= 0.6 is 0 Å². The van der Waals surface area contributed by atoms with E-state index in [1.807, 2.05) is 11.9 Å². The molecule has 0 aromatic heterocycles. The van der Waals surface area contributed by atoms with Crippen LogP contribution in [0.15, 0.2) is 123 Å². The van der Waals surface area contributed by atoms with Crippen LogP contribution in [0.5, 0.6) is 5.75 Å². The van der Waals surface area contributed by atoms with Gasteiger partial charge in [-0.25, -0.2) is 8.42 Å². The third-order valence-corrected chi connectivity index (χ3v) is 13.2. The predicted molar refractivity (Wildman–Crippen MR) is 251 cm³/mol. The maximum atomic E-state index is 14.0. The lowest BCUT2D eigenvalue weighted by Gasteiger charge is -2.23. The second-order valence-electron chi connectivity index (χ2n) is 15.8. The molecule has 5 aromatic carbocycles. The van der Waals surface area contributed by atoms with E-state index in [2.05, 4.69) is 27.2 Å². The molecular formula is C48H61N5O7S2. The molecule has 5 rings (SSSR count). The number of fused-ring (bicyclic) bond motifs is 1. The van der Waals surface area contributed by atoms with Crippen molar-refractivity contribution in [1.82, 2.24) is 0 Å². The van der Waals surface area contributed by atoms with Crippen molar-refractivity contribution in [3.05, 3.63) is 109 Å². The van der Waals surface area contributed by atoms with Crippen LogP contribution in [0.1, 0.15) is 120 Å². The lowest BCUT2D eigenvalue weighted by molar-refractivity contribution is 0.102. The number of phenols is 1. The number of sulfonamides is 1. The molecule has 0 aliphatic rings. The Hall–Kier alpha value is -5.31. The first-order valence-corrected chi connectivity index (χ1v) is 24.8. The Morgan fingerprint density at radius 3 is 1.82 bits per heavy atom. The van der Waals surface area contributed by atoms with Gasteiger partial charge in [0.2, 0.25) is 0 Å². The number of carbonyl (C=O) groups is 1. The number of rotatable bonds is 26. The van der Waals surface area contributed by atoms with Crippen LogP contribution in [0.4, 0.5) is 28.4 Å². The van der Waals surface area contributed by atoms with Gasteiger partial charge in [0.25, 0.3) is 26.0 Å². The Balaban J connectivity index is 1.22. The number of benzene rings is 5. The molecule has 0 spiro atoms. The zero-order valence-electron chi connectivity index (χ0n) is 35.9. The van der Waals surface area contributed by atoms with Crippen molar-refractivity contribution in [2.75, 3.05) is 28.5 Å². The highest BCUT2D eigenvalue weighted by Crippen LogP contribution is 2.38. The van der Waals surface area contributed by atoms with Gasteiger partial charge in [0, 0.05) is 24.4 Å². The summed E-state index contributed by atoms with van der Waals surface area (Å²) in [6.45, 7) is 2.90. The third kappa shape index (κ3) is 14.4. The van der Waals surface area contributed by atoms with Crippen LogP contribution in [0.2, 0.25) is 0 Å². The Labute approximate surface area is 367 Å². The van der Waals surface area contributed by atoms with E-state index in [1.54, 1.807) is 66.7 Å². The minimum Gasteiger partial charge on any atom is -0.506 e. The molecule has 0 saturated heterocycles. The standard InChI is InChI=1S/C48H61N5O7S2/c1-3-4-5-6-7-8-9-10-11-12-13-14-15-16-17-23-33-53(2)46-32-31-40(62(58,59)60)35-45(46)49-48(55)43-36-44(41-29-21-22-30-42(41)47(43)54)51-50-37-25-24-26-38(34-37)52-61(56,57)39-27-19-18-20-28-39/h18-22,24-32,34-36,52,54H,3-17,23,33H2,1-2H3,(H,49,55)(H,58,59,60). The second-order valence-corrected chi connectivity index (χ2v) is 18.9. The van der Waals surface area contributed by atoms with Gasteiger partial charge in [-0.05, 0) is 61.0 Å². The average molecular weight is 884 g/mol. The predicted octanol–water partition coefficient (Wildman–Crippen LogP) is 13.0. The molecule has 0 aliphatic heterocycles. The number of hydrogen-bond acceptors (Lipinski definition) is 9. The SMILES string of the molecule is CCCCCCCCCCCCCCCCCCN(C)c1ccc(S(=O)(=O)O)cc1NC(=O)c1cc(N=Nc2cccc(NS(=O)(=O)c3ccccc3)c2)c2ccccc2c1O. The highest BCUT2D eigenvalue weighted by atomic mass is 32.2. The summed E-state index contributed by atoms with van der Waals surface area (Å²) in [5.41, 5.74) is 1.35. The number of phenolic OH excluding ortho intramolecular Hbond substituents is 1. The molecule has 0 aliphatic carbocycles. The van der Waals surface area contributed by atoms with Gasteiger partial charge in [0.05, 0.1) is 43.8 Å². The summed E-state index contributed by atoms with van der Waals surface area (Å²) < 4.78 is 62.6. The van der Waals surface area contributed by atoms with Crippen molar-refractivity contribution in [3.8, 4) is 5.75 Å². The van der Waals surface area contributed by atoms with Gasteiger partial charge < -0.3 is 15.3 Å². The van der Waals surface area contributed by atoms with Gasteiger partial charge in [-0.2, -0.15) is 13.5 Å². The Kier molecular flexibility index (Phi) is 18.3. The minimum absolute atomic E-state index is 0.104. The van der Waals surface area contributed by atoms with Gasteiger partial charge in [0.1, 0.15) is 5.75 Å². The normalized spacial score (nSPS) is 11.9.